The maximum atomic E-state index is 5.53. The van der Waals surface area contributed by atoms with E-state index in [4.69, 9.17) is 4.74 Å². The van der Waals surface area contributed by atoms with Crippen LogP contribution in [0.4, 0.5) is 11.4 Å². The topological polar surface area (TPSA) is 25.4 Å². The second-order valence-corrected chi connectivity index (χ2v) is 6.45. The Morgan fingerprint density at radius 2 is 1.91 bits per heavy atom. The molecule has 23 heavy (non-hydrogen) atoms. The lowest BCUT2D eigenvalue weighted by molar-refractivity contribution is 0.405. The standard InChI is InChI=1S/C19H16N2OS/c1-21-15-9-8-13(14-5-4-10-20-12-14)11-18(15)23-19-16(21)6-3-7-17(19)22-2/h3-12H,1-2H3. The molecule has 1 aliphatic rings. The molecule has 0 bridgehead atoms. The molecule has 4 heteroatoms. The van der Waals surface area contributed by atoms with Crippen LogP contribution in [0.15, 0.2) is 70.7 Å². The first kappa shape index (κ1) is 14.2. The maximum Gasteiger partial charge on any atom is 0.134 e. The van der Waals surface area contributed by atoms with Gasteiger partial charge in [-0.15, -0.1) is 0 Å². The Balaban J connectivity index is 1.82. The van der Waals surface area contributed by atoms with Gasteiger partial charge in [0, 0.05) is 29.9 Å². The van der Waals surface area contributed by atoms with Crippen molar-refractivity contribution in [3.8, 4) is 16.9 Å². The minimum absolute atomic E-state index is 0.914. The van der Waals surface area contributed by atoms with Gasteiger partial charge in [0.05, 0.1) is 23.4 Å². The summed E-state index contributed by atoms with van der Waals surface area (Å²) in [5.41, 5.74) is 4.69. The summed E-state index contributed by atoms with van der Waals surface area (Å²) in [6, 6.07) is 16.8. The molecule has 114 valence electrons. The van der Waals surface area contributed by atoms with Crippen molar-refractivity contribution in [2.45, 2.75) is 9.79 Å². The number of aromatic nitrogens is 1. The second-order valence-electron chi connectivity index (χ2n) is 5.39. The number of hydrogen-bond acceptors (Lipinski definition) is 4. The molecule has 2 heterocycles. The van der Waals surface area contributed by atoms with Crippen LogP contribution in [0, 0.1) is 0 Å². The molecule has 0 saturated carbocycles. The largest absolute Gasteiger partial charge is 0.495 e. The van der Waals surface area contributed by atoms with Crippen molar-refractivity contribution in [2.24, 2.45) is 0 Å². The van der Waals surface area contributed by atoms with E-state index >= 15 is 0 Å². The molecule has 0 aliphatic carbocycles. The van der Waals surface area contributed by atoms with Crippen LogP contribution < -0.4 is 9.64 Å². The Bertz CT molecular complexity index is 864. The Morgan fingerprint density at radius 1 is 1.00 bits per heavy atom. The van der Waals surface area contributed by atoms with E-state index in [0.29, 0.717) is 0 Å². The highest BCUT2D eigenvalue weighted by Gasteiger charge is 2.23. The third-order valence-electron chi connectivity index (χ3n) is 4.07. The SMILES string of the molecule is COc1cccc2c1Sc1cc(-c3cccnc3)ccc1N2C. The molecule has 0 fully saturated rings. The first-order valence-electron chi connectivity index (χ1n) is 7.41. The minimum atomic E-state index is 0.914. The summed E-state index contributed by atoms with van der Waals surface area (Å²) < 4.78 is 5.53. The summed E-state index contributed by atoms with van der Waals surface area (Å²) in [4.78, 5) is 8.82. The fourth-order valence-corrected chi connectivity index (χ4v) is 4.13. The first-order valence-corrected chi connectivity index (χ1v) is 8.22. The molecule has 0 radical (unpaired) electrons. The molecule has 2 aromatic carbocycles. The lowest BCUT2D eigenvalue weighted by Crippen LogP contribution is -2.15. The second kappa shape index (κ2) is 5.63. The molecular formula is C19H16N2OS. The first-order chi connectivity index (χ1) is 11.3. The summed E-state index contributed by atoms with van der Waals surface area (Å²) >= 11 is 1.76. The smallest absolute Gasteiger partial charge is 0.134 e. The van der Waals surface area contributed by atoms with Gasteiger partial charge in [-0.3, -0.25) is 4.98 Å². The van der Waals surface area contributed by atoms with Gasteiger partial charge in [0.2, 0.25) is 0 Å². The van der Waals surface area contributed by atoms with Gasteiger partial charge in [-0.25, -0.2) is 0 Å². The monoisotopic (exact) mass is 320 g/mol. The van der Waals surface area contributed by atoms with Crippen LogP contribution in [0.25, 0.3) is 11.1 Å². The average molecular weight is 320 g/mol. The van der Waals surface area contributed by atoms with Crippen LogP contribution in [0.5, 0.6) is 5.75 Å². The van der Waals surface area contributed by atoms with E-state index in [0.717, 1.165) is 16.2 Å². The summed E-state index contributed by atoms with van der Waals surface area (Å²) in [7, 11) is 3.82. The molecule has 0 N–H and O–H groups in total. The molecule has 0 atom stereocenters. The number of fused-ring (bicyclic) bond motifs is 2. The lowest BCUT2D eigenvalue weighted by Gasteiger charge is -2.30. The zero-order valence-electron chi connectivity index (χ0n) is 13.0. The normalized spacial score (nSPS) is 12.5. The highest BCUT2D eigenvalue weighted by molar-refractivity contribution is 7.99. The molecule has 1 aliphatic heterocycles. The maximum absolute atomic E-state index is 5.53. The third kappa shape index (κ3) is 2.35. The quantitative estimate of drug-likeness (QED) is 0.664. The molecule has 3 nitrogen and oxygen atoms in total. The predicted molar refractivity (Wildman–Crippen MR) is 94.9 cm³/mol. The zero-order valence-corrected chi connectivity index (χ0v) is 13.8. The van der Waals surface area contributed by atoms with Crippen LogP contribution >= 0.6 is 11.8 Å². The Labute approximate surface area is 139 Å². The molecular weight excluding hydrogens is 304 g/mol. The average Bonchev–Trinajstić information content (AvgIpc) is 2.62. The van der Waals surface area contributed by atoms with E-state index in [-0.39, 0.29) is 0 Å². The van der Waals surface area contributed by atoms with Crippen molar-refractivity contribution in [2.75, 3.05) is 19.1 Å². The van der Waals surface area contributed by atoms with Gasteiger partial charge in [0.15, 0.2) is 0 Å². The minimum Gasteiger partial charge on any atom is -0.495 e. The highest BCUT2D eigenvalue weighted by Crippen LogP contribution is 2.51. The molecule has 0 unspecified atom stereocenters. The van der Waals surface area contributed by atoms with Crippen LogP contribution in [-0.4, -0.2) is 19.1 Å². The summed E-state index contributed by atoms with van der Waals surface area (Å²) in [5.74, 6) is 0.914. The predicted octanol–water partition coefficient (Wildman–Crippen LogP) is 4.99. The summed E-state index contributed by atoms with van der Waals surface area (Å²) in [5, 5.41) is 0. The van der Waals surface area contributed by atoms with Crippen molar-refractivity contribution in [1.29, 1.82) is 0 Å². The molecule has 3 aromatic rings. The van der Waals surface area contributed by atoms with Gasteiger partial charge < -0.3 is 9.64 Å². The van der Waals surface area contributed by atoms with E-state index in [1.54, 1.807) is 25.1 Å². The summed E-state index contributed by atoms with van der Waals surface area (Å²) in [6.45, 7) is 0. The fraction of sp³-hybridized carbons (Fsp3) is 0.105. The van der Waals surface area contributed by atoms with Gasteiger partial charge in [0.25, 0.3) is 0 Å². The molecule has 1 aromatic heterocycles. The molecule has 4 rings (SSSR count). The van der Waals surface area contributed by atoms with Crippen molar-refractivity contribution in [3.05, 3.63) is 60.9 Å². The van der Waals surface area contributed by atoms with Crippen LogP contribution in [0.2, 0.25) is 0 Å². The molecule has 0 saturated heterocycles. The van der Waals surface area contributed by atoms with Gasteiger partial charge in [0.1, 0.15) is 5.75 Å². The number of benzene rings is 2. The van der Waals surface area contributed by atoms with Crippen molar-refractivity contribution >= 4 is 23.1 Å². The Hall–Kier alpha value is -2.46. The number of pyridine rings is 1. The highest BCUT2D eigenvalue weighted by atomic mass is 32.2. The van der Waals surface area contributed by atoms with Gasteiger partial charge in [-0.1, -0.05) is 30.0 Å². The number of methoxy groups -OCH3 is 1. The van der Waals surface area contributed by atoms with E-state index < -0.39 is 0 Å². The third-order valence-corrected chi connectivity index (χ3v) is 5.23. The Morgan fingerprint density at radius 3 is 2.70 bits per heavy atom. The van der Waals surface area contributed by atoms with E-state index in [2.05, 4.69) is 47.3 Å². The molecule has 0 amide bonds. The number of nitrogens with zero attached hydrogens (tertiary/aromatic N) is 2. The van der Waals surface area contributed by atoms with Crippen LogP contribution in [-0.2, 0) is 0 Å². The van der Waals surface area contributed by atoms with Crippen LogP contribution in [0.1, 0.15) is 0 Å². The Kier molecular flexibility index (Phi) is 3.46. The molecule has 0 spiro atoms. The van der Waals surface area contributed by atoms with Gasteiger partial charge in [-0.2, -0.15) is 0 Å². The number of rotatable bonds is 2. The van der Waals surface area contributed by atoms with Gasteiger partial charge >= 0.3 is 0 Å². The number of anilines is 2. The zero-order chi connectivity index (χ0) is 15.8. The van der Waals surface area contributed by atoms with E-state index in [9.17, 15) is 0 Å². The van der Waals surface area contributed by atoms with E-state index in [1.807, 2.05) is 24.4 Å². The fourth-order valence-electron chi connectivity index (χ4n) is 2.86. The summed E-state index contributed by atoms with van der Waals surface area (Å²) in [6.07, 6.45) is 3.69. The number of hydrogen-bond donors (Lipinski definition) is 0. The number of ether oxygens (including phenoxy) is 1. The van der Waals surface area contributed by atoms with Crippen molar-refractivity contribution < 1.29 is 4.74 Å². The van der Waals surface area contributed by atoms with E-state index in [1.165, 1.54) is 21.8 Å². The van der Waals surface area contributed by atoms with Crippen molar-refractivity contribution in [3.63, 3.8) is 0 Å². The lowest BCUT2D eigenvalue weighted by atomic mass is 10.1. The van der Waals surface area contributed by atoms with Gasteiger partial charge in [-0.05, 0) is 35.9 Å². The van der Waals surface area contributed by atoms with Crippen molar-refractivity contribution in [1.82, 2.24) is 4.98 Å². The van der Waals surface area contributed by atoms with Crippen LogP contribution in [0.3, 0.4) is 0 Å².